The molecule has 2 atom stereocenters. The minimum absolute atomic E-state index is 0.280. The number of hydrogen-bond donors (Lipinski definition) is 0. The number of benzene rings is 2. The van der Waals surface area contributed by atoms with Gasteiger partial charge in [-0.2, -0.15) is 0 Å². The lowest BCUT2D eigenvalue weighted by Gasteiger charge is -2.27. The summed E-state index contributed by atoms with van der Waals surface area (Å²) < 4.78 is 15.9. The van der Waals surface area contributed by atoms with Crippen molar-refractivity contribution in [2.24, 2.45) is 0 Å². The van der Waals surface area contributed by atoms with E-state index in [1.807, 2.05) is 11.9 Å². The number of likely N-dealkylation sites (N-methyl/N-ethyl adjacent to an activating group) is 1. The van der Waals surface area contributed by atoms with Crippen molar-refractivity contribution >= 4 is 29.6 Å². The summed E-state index contributed by atoms with van der Waals surface area (Å²) in [6.45, 7) is 5.77. The van der Waals surface area contributed by atoms with Gasteiger partial charge in [0.1, 0.15) is 17.7 Å². The number of ketones is 2. The molecule has 2 fully saturated rings. The van der Waals surface area contributed by atoms with Crippen LogP contribution in [0.3, 0.4) is 0 Å². The number of nitrogens with zero attached hydrogens (tertiary/aromatic N) is 2. The normalized spacial score (nSPS) is 18.9. The molecule has 224 valence electrons. The van der Waals surface area contributed by atoms with Gasteiger partial charge in [-0.3, -0.25) is 24.2 Å². The van der Waals surface area contributed by atoms with Crippen LogP contribution in [0.2, 0.25) is 0 Å². The van der Waals surface area contributed by atoms with Gasteiger partial charge in [-0.05, 0) is 71.2 Å². The molecule has 2 aromatic carbocycles. The van der Waals surface area contributed by atoms with E-state index in [4.69, 9.17) is 14.2 Å². The molecule has 2 aliphatic heterocycles. The third-order valence-corrected chi connectivity index (χ3v) is 7.38. The van der Waals surface area contributed by atoms with Crippen molar-refractivity contribution in [1.82, 2.24) is 9.80 Å². The Bertz CT molecular complexity index is 1310. The quantitative estimate of drug-likeness (QED) is 0.244. The van der Waals surface area contributed by atoms with E-state index in [1.165, 1.54) is 4.90 Å². The molecular formula is C32H38N2O8. The van der Waals surface area contributed by atoms with Crippen LogP contribution in [-0.4, -0.2) is 90.4 Å². The van der Waals surface area contributed by atoms with Crippen molar-refractivity contribution in [1.29, 1.82) is 0 Å². The Morgan fingerprint density at radius 1 is 0.714 bits per heavy atom. The fraction of sp³-hybridized carbons (Fsp3) is 0.469. The van der Waals surface area contributed by atoms with Gasteiger partial charge in [-0.1, -0.05) is 48.5 Å². The molecule has 0 aliphatic carbocycles. The van der Waals surface area contributed by atoms with Gasteiger partial charge in [0.15, 0.2) is 24.8 Å². The van der Waals surface area contributed by atoms with E-state index < -0.39 is 30.3 Å². The van der Waals surface area contributed by atoms with Crippen molar-refractivity contribution in [3.63, 3.8) is 0 Å². The first kappa shape index (κ1) is 30.9. The molecule has 0 unspecified atom stereocenters. The first-order valence-electron chi connectivity index (χ1n) is 14.2. The molecule has 2 saturated heterocycles. The molecule has 0 radical (unpaired) electrons. The monoisotopic (exact) mass is 578 g/mol. The Balaban J connectivity index is 1.27. The lowest BCUT2D eigenvalue weighted by molar-refractivity contribution is -0.148. The van der Waals surface area contributed by atoms with Gasteiger partial charge >= 0.3 is 18.0 Å². The Morgan fingerprint density at radius 3 is 1.62 bits per heavy atom. The Hall–Kier alpha value is -4.05. The second-order valence-corrected chi connectivity index (χ2v) is 11.7. The number of Topliss-reactive ketones (excluding diaryl/α,β-unsaturated/α-hetero) is 2. The summed E-state index contributed by atoms with van der Waals surface area (Å²) in [7, 11) is 1.87. The van der Waals surface area contributed by atoms with Crippen molar-refractivity contribution in [2.45, 2.75) is 64.1 Å². The van der Waals surface area contributed by atoms with Crippen molar-refractivity contribution in [2.75, 3.05) is 33.4 Å². The highest BCUT2D eigenvalue weighted by Gasteiger charge is 2.38. The number of likely N-dealkylation sites (tertiary alicyclic amines) is 2. The average Bonchev–Trinajstić information content (AvgIpc) is 3.63. The smallest absolute Gasteiger partial charge is 0.411 e. The van der Waals surface area contributed by atoms with E-state index in [1.54, 1.807) is 69.3 Å². The lowest BCUT2D eigenvalue weighted by Crippen LogP contribution is -2.44. The largest absolute Gasteiger partial charge is 0.456 e. The minimum atomic E-state index is -0.772. The van der Waals surface area contributed by atoms with Crippen LogP contribution in [0, 0.1) is 0 Å². The van der Waals surface area contributed by atoms with Crippen LogP contribution in [0.15, 0.2) is 48.5 Å². The van der Waals surface area contributed by atoms with Crippen molar-refractivity contribution in [3.8, 4) is 11.1 Å². The Kier molecular flexibility index (Phi) is 9.78. The van der Waals surface area contributed by atoms with E-state index in [9.17, 15) is 24.0 Å². The Morgan fingerprint density at radius 2 is 1.17 bits per heavy atom. The summed E-state index contributed by atoms with van der Waals surface area (Å²) in [5.41, 5.74) is 1.80. The maximum Gasteiger partial charge on any atom is 0.411 e. The lowest BCUT2D eigenvalue weighted by atomic mass is 10.0. The molecule has 0 aromatic heterocycles. The standard InChI is InChI=1S/C32H38N2O8/c1-32(2,3)42-31(39)34-18-6-8-26(34)30(38)41-20-28(36)24-15-11-22(12-16-24)21-9-13-23(14-10-21)27(35)19-40-29(37)25-7-5-17-33(25)4/h9-16,25-26H,5-8,17-20H2,1-4H3/t25-,26-/m0/s1. The summed E-state index contributed by atoms with van der Waals surface area (Å²) in [5.74, 6) is -1.64. The van der Waals surface area contributed by atoms with Crippen LogP contribution >= 0.6 is 0 Å². The minimum Gasteiger partial charge on any atom is -0.456 e. The molecule has 0 spiro atoms. The zero-order valence-corrected chi connectivity index (χ0v) is 24.6. The summed E-state index contributed by atoms with van der Waals surface area (Å²) in [6, 6.07) is 12.7. The molecule has 10 nitrogen and oxygen atoms in total. The maximum absolute atomic E-state index is 12.7. The molecule has 42 heavy (non-hydrogen) atoms. The maximum atomic E-state index is 12.7. The van der Waals surface area contributed by atoms with Crippen LogP contribution in [0.5, 0.6) is 0 Å². The summed E-state index contributed by atoms with van der Waals surface area (Å²) >= 11 is 0. The van der Waals surface area contributed by atoms with E-state index in [2.05, 4.69) is 0 Å². The van der Waals surface area contributed by atoms with E-state index in [-0.39, 0.29) is 30.2 Å². The van der Waals surface area contributed by atoms with Crippen molar-refractivity contribution < 1.29 is 38.2 Å². The van der Waals surface area contributed by atoms with Gasteiger partial charge in [0.05, 0.1) is 0 Å². The highest BCUT2D eigenvalue weighted by atomic mass is 16.6. The number of carbonyl (C=O) groups excluding carboxylic acids is 5. The van der Waals surface area contributed by atoms with E-state index in [0.29, 0.717) is 30.5 Å². The molecular weight excluding hydrogens is 540 g/mol. The van der Waals surface area contributed by atoms with Gasteiger partial charge in [-0.15, -0.1) is 0 Å². The van der Waals surface area contributed by atoms with Crippen LogP contribution < -0.4 is 0 Å². The van der Waals surface area contributed by atoms with Gasteiger partial charge in [0.25, 0.3) is 0 Å². The fourth-order valence-electron chi connectivity index (χ4n) is 5.09. The molecule has 10 heteroatoms. The van der Waals surface area contributed by atoms with E-state index >= 15 is 0 Å². The van der Waals surface area contributed by atoms with Gasteiger partial charge in [-0.25, -0.2) is 9.59 Å². The molecule has 2 heterocycles. The zero-order valence-electron chi connectivity index (χ0n) is 24.6. The summed E-state index contributed by atoms with van der Waals surface area (Å²) in [4.78, 5) is 65.8. The number of amides is 1. The topological polar surface area (TPSA) is 120 Å². The number of rotatable bonds is 9. The SMILES string of the molecule is CN1CCC[C@H]1C(=O)OCC(=O)c1ccc(-c2ccc(C(=O)COC(=O)[C@@H]3CCCN3C(=O)OC(C)(C)C)cc2)cc1. The molecule has 4 rings (SSSR count). The van der Waals surface area contributed by atoms with Crippen molar-refractivity contribution in [3.05, 3.63) is 59.7 Å². The molecule has 0 saturated carbocycles. The van der Waals surface area contributed by atoms with Crippen LogP contribution in [0.25, 0.3) is 11.1 Å². The first-order chi connectivity index (χ1) is 19.9. The van der Waals surface area contributed by atoms with Crippen LogP contribution in [0.1, 0.15) is 67.2 Å². The second-order valence-electron chi connectivity index (χ2n) is 11.7. The molecule has 2 aliphatic rings. The molecule has 0 N–H and O–H groups in total. The third kappa shape index (κ3) is 7.82. The number of ether oxygens (including phenoxy) is 3. The summed E-state index contributed by atoms with van der Waals surface area (Å²) in [6.07, 6.45) is 2.20. The zero-order chi connectivity index (χ0) is 30.4. The number of hydrogen-bond acceptors (Lipinski definition) is 9. The second kappa shape index (κ2) is 13.3. The predicted molar refractivity (Wildman–Crippen MR) is 154 cm³/mol. The highest BCUT2D eigenvalue weighted by Crippen LogP contribution is 2.23. The van der Waals surface area contributed by atoms with Gasteiger partial charge in [0, 0.05) is 17.7 Å². The summed E-state index contributed by atoms with van der Waals surface area (Å²) in [5, 5.41) is 0. The predicted octanol–water partition coefficient (Wildman–Crippen LogP) is 4.30. The van der Waals surface area contributed by atoms with Crippen LogP contribution in [-0.2, 0) is 23.8 Å². The molecule has 1 amide bonds. The Labute approximate surface area is 245 Å². The highest BCUT2D eigenvalue weighted by molar-refractivity contribution is 5.99. The third-order valence-electron chi connectivity index (χ3n) is 7.38. The number of carbonyl (C=O) groups is 5. The van der Waals surface area contributed by atoms with Crippen LogP contribution in [0.4, 0.5) is 4.79 Å². The first-order valence-corrected chi connectivity index (χ1v) is 14.2. The molecule has 0 bridgehead atoms. The van der Waals surface area contributed by atoms with E-state index in [0.717, 1.165) is 30.5 Å². The number of esters is 2. The molecule has 2 aromatic rings. The van der Waals surface area contributed by atoms with Gasteiger partial charge in [0.2, 0.25) is 0 Å². The average molecular weight is 579 g/mol. The fourth-order valence-corrected chi connectivity index (χ4v) is 5.09. The van der Waals surface area contributed by atoms with Gasteiger partial charge < -0.3 is 14.2 Å².